The van der Waals surface area contributed by atoms with Crippen LogP contribution in [-0.4, -0.2) is 25.3 Å². The van der Waals surface area contributed by atoms with Gasteiger partial charge in [0.15, 0.2) is 6.10 Å². The van der Waals surface area contributed by atoms with Crippen molar-refractivity contribution in [2.24, 2.45) is 5.73 Å². The third-order valence-electron chi connectivity index (χ3n) is 2.64. The molecule has 0 spiro atoms. The van der Waals surface area contributed by atoms with Crippen LogP contribution in [0.3, 0.4) is 0 Å². The number of carbonyl (C=O) groups is 1. The van der Waals surface area contributed by atoms with Crippen molar-refractivity contribution in [2.45, 2.75) is 19.1 Å². The Morgan fingerprint density at radius 2 is 2.44 bits per heavy atom. The molecule has 1 aliphatic rings. The lowest BCUT2D eigenvalue weighted by Gasteiger charge is -2.16. The molecule has 5 nitrogen and oxygen atoms in total. The standard InChI is InChI=1S/C12H15BrN2O3/c1-7(14)10-3-2-8(13)4-11(10)17-6-9-5-15-12(16)18-9/h2-4,7,9H,5-6,14H2,1H3,(H,15,16)/t7-,9?/m1/s1. The quantitative estimate of drug-likeness (QED) is 0.891. The summed E-state index contributed by atoms with van der Waals surface area (Å²) in [6, 6.07) is 5.59. The Balaban J connectivity index is 2.03. The summed E-state index contributed by atoms with van der Waals surface area (Å²) in [5, 5.41) is 2.58. The minimum atomic E-state index is -0.398. The summed E-state index contributed by atoms with van der Waals surface area (Å²) in [7, 11) is 0. The van der Waals surface area contributed by atoms with Crippen LogP contribution in [0.25, 0.3) is 0 Å². The van der Waals surface area contributed by atoms with Crippen LogP contribution in [0.2, 0.25) is 0 Å². The van der Waals surface area contributed by atoms with Crippen molar-refractivity contribution >= 4 is 22.0 Å². The Kier molecular flexibility index (Phi) is 4.08. The van der Waals surface area contributed by atoms with Crippen molar-refractivity contribution in [2.75, 3.05) is 13.2 Å². The van der Waals surface area contributed by atoms with Crippen LogP contribution in [0.1, 0.15) is 18.5 Å². The molecule has 98 valence electrons. The number of hydrogen-bond acceptors (Lipinski definition) is 4. The lowest BCUT2D eigenvalue weighted by atomic mass is 10.1. The molecule has 1 unspecified atom stereocenters. The molecule has 6 heteroatoms. The third-order valence-corrected chi connectivity index (χ3v) is 3.13. The molecule has 0 radical (unpaired) electrons. The van der Waals surface area contributed by atoms with Gasteiger partial charge in [-0.15, -0.1) is 0 Å². The molecule has 1 aromatic carbocycles. The zero-order chi connectivity index (χ0) is 13.1. The van der Waals surface area contributed by atoms with E-state index in [1.165, 1.54) is 0 Å². The predicted octanol–water partition coefficient (Wildman–Crippen LogP) is 1.96. The van der Waals surface area contributed by atoms with Gasteiger partial charge in [0, 0.05) is 16.1 Å². The van der Waals surface area contributed by atoms with Gasteiger partial charge in [-0.1, -0.05) is 22.0 Å². The highest BCUT2D eigenvalue weighted by Gasteiger charge is 2.23. The normalized spacial score (nSPS) is 20.2. The lowest BCUT2D eigenvalue weighted by Crippen LogP contribution is -2.22. The first kappa shape index (κ1) is 13.2. The van der Waals surface area contributed by atoms with Crippen LogP contribution in [0.15, 0.2) is 22.7 Å². The topological polar surface area (TPSA) is 73.6 Å². The first-order valence-electron chi connectivity index (χ1n) is 5.68. The fourth-order valence-corrected chi connectivity index (χ4v) is 2.06. The summed E-state index contributed by atoms with van der Waals surface area (Å²) in [6.07, 6.45) is -0.650. The summed E-state index contributed by atoms with van der Waals surface area (Å²) >= 11 is 3.39. The summed E-state index contributed by atoms with van der Waals surface area (Å²) < 4.78 is 11.6. The van der Waals surface area contributed by atoms with E-state index in [-0.39, 0.29) is 12.1 Å². The van der Waals surface area contributed by atoms with E-state index >= 15 is 0 Å². The van der Waals surface area contributed by atoms with Gasteiger partial charge in [0.2, 0.25) is 0 Å². The monoisotopic (exact) mass is 314 g/mol. The highest BCUT2D eigenvalue weighted by Crippen LogP contribution is 2.27. The van der Waals surface area contributed by atoms with Crippen molar-refractivity contribution in [3.05, 3.63) is 28.2 Å². The number of halogens is 1. The number of amides is 1. The number of rotatable bonds is 4. The van der Waals surface area contributed by atoms with Gasteiger partial charge in [0.25, 0.3) is 0 Å². The van der Waals surface area contributed by atoms with E-state index < -0.39 is 6.09 Å². The molecule has 0 saturated carbocycles. The maximum atomic E-state index is 10.9. The molecule has 1 aromatic rings. The maximum Gasteiger partial charge on any atom is 0.407 e. The van der Waals surface area contributed by atoms with E-state index in [2.05, 4.69) is 21.2 Å². The number of hydrogen-bond donors (Lipinski definition) is 2. The summed E-state index contributed by atoms with van der Waals surface area (Å²) in [5.74, 6) is 0.710. The molecular formula is C12H15BrN2O3. The van der Waals surface area contributed by atoms with Gasteiger partial charge in [0.05, 0.1) is 6.54 Å². The fourth-order valence-electron chi connectivity index (χ4n) is 1.72. The van der Waals surface area contributed by atoms with Crippen LogP contribution in [-0.2, 0) is 4.74 Å². The largest absolute Gasteiger partial charge is 0.489 e. The molecular weight excluding hydrogens is 300 g/mol. The van der Waals surface area contributed by atoms with E-state index in [4.69, 9.17) is 15.2 Å². The van der Waals surface area contributed by atoms with Crippen LogP contribution >= 0.6 is 15.9 Å². The van der Waals surface area contributed by atoms with Crippen molar-refractivity contribution < 1.29 is 14.3 Å². The molecule has 3 N–H and O–H groups in total. The number of alkyl carbamates (subject to hydrolysis) is 1. The molecule has 0 bridgehead atoms. The lowest BCUT2D eigenvalue weighted by molar-refractivity contribution is 0.104. The molecule has 2 rings (SSSR count). The van der Waals surface area contributed by atoms with Crippen LogP contribution in [0, 0.1) is 0 Å². The zero-order valence-electron chi connectivity index (χ0n) is 9.98. The highest BCUT2D eigenvalue weighted by atomic mass is 79.9. The molecule has 1 heterocycles. The smallest absolute Gasteiger partial charge is 0.407 e. The van der Waals surface area contributed by atoms with Gasteiger partial charge in [-0.05, 0) is 19.1 Å². The second-order valence-electron chi connectivity index (χ2n) is 4.19. The van der Waals surface area contributed by atoms with E-state index in [1.807, 2.05) is 25.1 Å². The van der Waals surface area contributed by atoms with Crippen LogP contribution in [0.4, 0.5) is 4.79 Å². The molecule has 1 saturated heterocycles. The third kappa shape index (κ3) is 3.14. The molecule has 1 amide bonds. The Bertz CT molecular complexity index is 451. The molecule has 0 aromatic heterocycles. The molecule has 1 fully saturated rings. The molecule has 18 heavy (non-hydrogen) atoms. The van der Waals surface area contributed by atoms with Crippen molar-refractivity contribution in [1.82, 2.24) is 5.32 Å². The Labute approximate surface area is 114 Å². The van der Waals surface area contributed by atoms with Gasteiger partial charge in [0.1, 0.15) is 12.4 Å². The van der Waals surface area contributed by atoms with E-state index in [9.17, 15) is 4.79 Å². The number of cyclic esters (lactones) is 1. The van der Waals surface area contributed by atoms with Crippen molar-refractivity contribution in [3.8, 4) is 5.75 Å². The zero-order valence-corrected chi connectivity index (χ0v) is 11.6. The summed E-state index contributed by atoms with van der Waals surface area (Å²) in [6.45, 7) is 2.68. The van der Waals surface area contributed by atoms with Gasteiger partial charge in [-0.25, -0.2) is 4.79 Å². The Hall–Kier alpha value is -1.27. The Morgan fingerprint density at radius 3 is 3.06 bits per heavy atom. The maximum absolute atomic E-state index is 10.9. The van der Waals surface area contributed by atoms with Crippen LogP contribution in [0.5, 0.6) is 5.75 Å². The minimum Gasteiger partial charge on any atom is -0.489 e. The number of ether oxygens (including phenoxy) is 2. The SMILES string of the molecule is C[C@@H](N)c1ccc(Br)cc1OCC1CNC(=O)O1. The molecule has 2 atom stereocenters. The number of nitrogens with one attached hydrogen (secondary N) is 1. The van der Waals surface area contributed by atoms with Crippen molar-refractivity contribution in [3.63, 3.8) is 0 Å². The van der Waals surface area contributed by atoms with Crippen LogP contribution < -0.4 is 15.8 Å². The average Bonchev–Trinajstić information content (AvgIpc) is 2.72. The number of nitrogens with two attached hydrogens (primary N) is 1. The van der Waals surface area contributed by atoms with E-state index in [1.54, 1.807) is 0 Å². The van der Waals surface area contributed by atoms with Crippen molar-refractivity contribution in [1.29, 1.82) is 0 Å². The number of carbonyl (C=O) groups excluding carboxylic acids is 1. The van der Waals surface area contributed by atoms with Gasteiger partial charge >= 0.3 is 6.09 Å². The van der Waals surface area contributed by atoms with Gasteiger partial charge in [-0.3, -0.25) is 0 Å². The fraction of sp³-hybridized carbons (Fsp3) is 0.417. The van der Waals surface area contributed by atoms with Gasteiger partial charge in [-0.2, -0.15) is 0 Å². The summed E-state index contributed by atoms with van der Waals surface area (Å²) in [4.78, 5) is 10.9. The molecule has 0 aliphatic carbocycles. The van der Waals surface area contributed by atoms with E-state index in [0.29, 0.717) is 18.9 Å². The molecule has 1 aliphatic heterocycles. The van der Waals surface area contributed by atoms with E-state index in [0.717, 1.165) is 10.0 Å². The van der Waals surface area contributed by atoms with Gasteiger partial charge < -0.3 is 20.5 Å². The second kappa shape index (κ2) is 5.58. The first-order valence-corrected chi connectivity index (χ1v) is 6.48. The predicted molar refractivity (Wildman–Crippen MR) is 70.5 cm³/mol. The minimum absolute atomic E-state index is 0.114. The Morgan fingerprint density at radius 1 is 1.67 bits per heavy atom. The second-order valence-corrected chi connectivity index (χ2v) is 5.11. The summed E-state index contributed by atoms with van der Waals surface area (Å²) in [5.41, 5.74) is 6.80. The highest BCUT2D eigenvalue weighted by molar-refractivity contribution is 9.10. The number of benzene rings is 1. The average molecular weight is 315 g/mol. The first-order chi connectivity index (χ1) is 8.56.